The third-order valence-corrected chi connectivity index (χ3v) is 4.50. The summed E-state index contributed by atoms with van der Waals surface area (Å²) in [5.41, 5.74) is 6.52. The summed E-state index contributed by atoms with van der Waals surface area (Å²) >= 11 is 3.39. The Morgan fingerprint density at radius 1 is 1.35 bits per heavy atom. The number of rotatable bonds is 3. The lowest BCUT2D eigenvalue weighted by molar-refractivity contribution is 0.0686. The van der Waals surface area contributed by atoms with Gasteiger partial charge in [0, 0.05) is 23.6 Å². The summed E-state index contributed by atoms with van der Waals surface area (Å²) in [4.78, 5) is 14.4. The number of nitrogens with two attached hydrogens (primary N) is 1. The van der Waals surface area contributed by atoms with Gasteiger partial charge in [-0.15, -0.1) is 0 Å². The van der Waals surface area contributed by atoms with Crippen molar-refractivity contribution in [3.05, 3.63) is 28.2 Å². The van der Waals surface area contributed by atoms with Crippen LogP contribution >= 0.6 is 15.9 Å². The molecule has 2 N–H and O–H groups in total. The lowest BCUT2D eigenvalue weighted by Gasteiger charge is -2.33. The van der Waals surface area contributed by atoms with Crippen molar-refractivity contribution in [1.29, 1.82) is 0 Å². The fraction of sp³-hybridized carbons (Fsp3) is 0.533. The Morgan fingerprint density at radius 3 is 2.60 bits per heavy atom. The van der Waals surface area contributed by atoms with Gasteiger partial charge in [0.2, 0.25) is 0 Å². The van der Waals surface area contributed by atoms with E-state index < -0.39 is 0 Å². The monoisotopic (exact) mass is 340 g/mol. The van der Waals surface area contributed by atoms with Crippen LogP contribution < -0.4 is 10.5 Å². The molecule has 0 unspecified atom stereocenters. The van der Waals surface area contributed by atoms with Gasteiger partial charge in [0.15, 0.2) is 0 Å². The molecule has 110 valence electrons. The van der Waals surface area contributed by atoms with Gasteiger partial charge in [-0.1, -0.05) is 15.9 Å². The number of amides is 1. The fourth-order valence-electron chi connectivity index (χ4n) is 2.69. The molecule has 0 spiro atoms. The smallest absolute Gasteiger partial charge is 0.257 e. The van der Waals surface area contributed by atoms with Gasteiger partial charge in [-0.25, -0.2) is 0 Å². The molecule has 1 aliphatic rings. The molecule has 2 rings (SSSR count). The van der Waals surface area contributed by atoms with E-state index in [-0.39, 0.29) is 18.0 Å². The number of benzene rings is 1. The highest BCUT2D eigenvalue weighted by molar-refractivity contribution is 9.10. The van der Waals surface area contributed by atoms with Crippen LogP contribution in [0.4, 0.5) is 0 Å². The molecule has 0 aromatic heterocycles. The molecule has 1 aromatic rings. The molecule has 1 aliphatic carbocycles. The third kappa shape index (κ3) is 3.33. The van der Waals surface area contributed by atoms with Crippen molar-refractivity contribution in [3.8, 4) is 5.75 Å². The topological polar surface area (TPSA) is 55.6 Å². The van der Waals surface area contributed by atoms with Gasteiger partial charge in [0.25, 0.3) is 5.91 Å². The van der Waals surface area contributed by atoms with E-state index in [1.165, 1.54) is 0 Å². The average Bonchev–Trinajstić information content (AvgIpc) is 2.46. The highest BCUT2D eigenvalue weighted by Gasteiger charge is 2.27. The minimum atomic E-state index is 0.00909. The maximum atomic E-state index is 12.6. The summed E-state index contributed by atoms with van der Waals surface area (Å²) in [6.45, 7) is 0. The van der Waals surface area contributed by atoms with Crippen molar-refractivity contribution in [2.24, 2.45) is 5.73 Å². The predicted octanol–water partition coefficient (Wildman–Crippen LogP) is 2.80. The fourth-order valence-corrected chi connectivity index (χ4v) is 3.03. The van der Waals surface area contributed by atoms with E-state index >= 15 is 0 Å². The van der Waals surface area contributed by atoms with Crippen molar-refractivity contribution >= 4 is 21.8 Å². The van der Waals surface area contributed by atoms with E-state index in [1.807, 2.05) is 24.1 Å². The summed E-state index contributed by atoms with van der Waals surface area (Å²) in [5, 5.41) is 0. The van der Waals surface area contributed by atoms with Crippen LogP contribution in [-0.4, -0.2) is 37.0 Å². The van der Waals surface area contributed by atoms with Crippen LogP contribution in [-0.2, 0) is 0 Å². The van der Waals surface area contributed by atoms with Gasteiger partial charge in [0.1, 0.15) is 5.75 Å². The largest absolute Gasteiger partial charge is 0.496 e. The molecule has 0 bridgehead atoms. The number of hydrogen-bond acceptors (Lipinski definition) is 3. The minimum Gasteiger partial charge on any atom is -0.496 e. The summed E-state index contributed by atoms with van der Waals surface area (Å²) < 4.78 is 6.20. The first-order valence-corrected chi connectivity index (χ1v) is 7.68. The van der Waals surface area contributed by atoms with Gasteiger partial charge in [-0.3, -0.25) is 4.79 Å². The Morgan fingerprint density at radius 2 is 2.00 bits per heavy atom. The molecule has 0 radical (unpaired) electrons. The van der Waals surface area contributed by atoms with Gasteiger partial charge in [-0.05, 0) is 43.9 Å². The van der Waals surface area contributed by atoms with Crippen LogP contribution in [0, 0.1) is 0 Å². The first-order valence-electron chi connectivity index (χ1n) is 6.89. The quantitative estimate of drug-likeness (QED) is 0.920. The zero-order chi connectivity index (χ0) is 14.7. The molecule has 4 nitrogen and oxygen atoms in total. The second-order valence-corrected chi connectivity index (χ2v) is 6.24. The molecule has 1 aromatic carbocycles. The number of nitrogens with zero attached hydrogens (tertiary/aromatic N) is 1. The van der Waals surface area contributed by atoms with E-state index in [1.54, 1.807) is 13.2 Å². The minimum absolute atomic E-state index is 0.00909. The Balaban J connectivity index is 2.14. The summed E-state index contributed by atoms with van der Waals surface area (Å²) in [7, 11) is 3.45. The summed E-state index contributed by atoms with van der Waals surface area (Å²) in [5.74, 6) is 0.610. The number of carbonyl (C=O) groups is 1. The van der Waals surface area contributed by atoms with Crippen molar-refractivity contribution in [1.82, 2.24) is 4.90 Å². The molecular formula is C15H21BrN2O2. The number of hydrogen-bond donors (Lipinski definition) is 1. The van der Waals surface area contributed by atoms with E-state index in [9.17, 15) is 4.79 Å². The lowest BCUT2D eigenvalue weighted by Crippen LogP contribution is -2.41. The Hall–Kier alpha value is -1.07. The van der Waals surface area contributed by atoms with Crippen LogP contribution in [0.2, 0.25) is 0 Å². The summed E-state index contributed by atoms with van der Waals surface area (Å²) in [6, 6.07) is 6.04. The summed E-state index contributed by atoms with van der Waals surface area (Å²) in [6.07, 6.45) is 3.92. The zero-order valence-corrected chi connectivity index (χ0v) is 13.5. The normalized spacial score (nSPS) is 22.4. The molecule has 0 atom stereocenters. The van der Waals surface area contributed by atoms with Crippen LogP contribution in [0.1, 0.15) is 36.0 Å². The van der Waals surface area contributed by atoms with Crippen LogP contribution in [0.15, 0.2) is 22.7 Å². The van der Waals surface area contributed by atoms with Gasteiger partial charge < -0.3 is 15.4 Å². The van der Waals surface area contributed by atoms with Gasteiger partial charge in [0.05, 0.1) is 12.7 Å². The molecule has 1 amide bonds. The van der Waals surface area contributed by atoms with Gasteiger partial charge >= 0.3 is 0 Å². The van der Waals surface area contributed by atoms with Crippen molar-refractivity contribution in [2.45, 2.75) is 37.8 Å². The Bertz CT molecular complexity index is 485. The maximum absolute atomic E-state index is 12.6. The van der Waals surface area contributed by atoms with Crippen molar-refractivity contribution in [2.75, 3.05) is 14.2 Å². The standard InChI is InChI=1S/C15H21BrN2O2/c1-18(12-6-4-11(17)5-7-12)15(19)13-8-3-10(16)9-14(13)20-2/h3,8-9,11-12H,4-7,17H2,1-2H3. The molecule has 1 fully saturated rings. The molecule has 0 heterocycles. The third-order valence-electron chi connectivity index (χ3n) is 4.00. The average molecular weight is 341 g/mol. The zero-order valence-electron chi connectivity index (χ0n) is 11.9. The lowest BCUT2D eigenvalue weighted by atomic mass is 9.90. The molecule has 0 saturated heterocycles. The van der Waals surface area contributed by atoms with E-state index in [2.05, 4.69) is 15.9 Å². The number of carbonyl (C=O) groups excluding carboxylic acids is 1. The van der Waals surface area contributed by atoms with E-state index in [0.717, 1.165) is 30.2 Å². The first kappa shape index (κ1) is 15.3. The SMILES string of the molecule is COc1cc(Br)ccc1C(=O)N(C)C1CCC(N)CC1. The second-order valence-electron chi connectivity index (χ2n) is 5.33. The number of methoxy groups -OCH3 is 1. The highest BCUT2D eigenvalue weighted by Crippen LogP contribution is 2.27. The molecule has 5 heteroatoms. The highest BCUT2D eigenvalue weighted by atomic mass is 79.9. The molecule has 20 heavy (non-hydrogen) atoms. The van der Waals surface area contributed by atoms with E-state index in [4.69, 9.17) is 10.5 Å². The van der Waals surface area contributed by atoms with Crippen molar-refractivity contribution < 1.29 is 9.53 Å². The number of ether oxygens (including phenoxy) is 1. The van der Waals surface area contributed by atoms with Gasteiger partial charge in [-0.2, -0.15) is 0 Å². The van der Waals surface area contributed by atoms with E-state index in [0.29, 0.717) is 11.3 Å². The van der Waals surface area contributed by atoms with Crippen LogP contribution in [0.25, 0.3) is 0 Å². The first-order chi connectivity index (χ1) is 9.52. The molecular weight excluding hydrogens is 320 g/mol. The Labute approximate surface area is 128 Å². The maximum Gasteiger partial charge on any atom is 0.257 e. The molecule has 0 aliphatic heterocycles. The number of halogens is 1. The predicted molar refractivity (Wildman–Crippen MR) is 83.0 cm³/mol. The van der Waals surface area contributed by atoms with Crippen LogP contribution in [0.5, 0.6) is 5.75 Å². The van der Waals surface area contributed by atoms with Crippen molar-refractivity contribution in [3.63, 3.8) is 0 Å². The Kier molecular flexibility index (Phi) is 5.05. The second kappa shape index (κ2) is 6.59. The molecule has 1 saturated carbocycles. The van der Waals surface area contributed by atoms with Crippen LogP contribution in [0.3, 0.4) is 0 Å².